The van der Waals surface area contributed by atoms with Gasteiger partial charge in [0.2, 0.25) is 0 Å². The lowest BCUT2D eigenvalue weighted by Crippen LogP contribution is -2.08. The van der Waals surface area contributed by atoms with Crippen LogP contribution in [0.25, 0.3) is 6.08 Å². The molecule has 0 saturated carbocycles. The van der Waals surface area contributed by atoms with Crippen LogP contribution in [0.4, 0.5) is 0 Å². The molecule has 2 heteroatoms. The van der Waals surface area contributed by atoms with Crippen LogP contribution in [0.5, 0.6) is 0 Å². The first kappa shape index (κ1) is 10.8. The predicted octanol–water partition coefficient (Wildman–Crippen LogP) is 2.67. The monoisotopic (exact) mass is 213 g/mol. The summed E-state index contributed by atoms with van der Waals surface area (Å²) in [4.78, 5) is 15.1. The zero-order valence-corrected chi connectivity index (χ0v) is 9.44. The fourth-order valence-corrected chi connectivity index (χ4v) is 1.75. The Morgan fingerprint density at radius 1 is 1.38 bits per heavy atom. The number of nitrogens with zero attached hydrogens (tertiary/aromatic N) is 1. The topological polar surface area (TPSA) is 29.4 Å². The van der Waals surface area contributed by atoms with Gasteiger partial charge in [-0.05, 0) is 30.9 Å². The number of ketones is 1. The van der Waals surface area contributed by atoms with E-state index in [9.17, 15) is 4.79 Å². The second-order valence-electron chi connectivity index (χ2n) is 4.08. The summed E-state index contributed by atoms with van der Waals surface area (Å²) in [6.07, 6.45) is 3.69. The molecule has 1 aromatic rings. The molecule has 0 N–H and O–H groups in total. The number of benzene rings is 1. The van der Waals surface area contributed by atoms with Crippen molar-refractivity contribution in [3.05, 3.63) is 42.0 Å². The van der Waals surface area contributed by atoms with Crippen molar-refractivity contribution in [2.75, 3.05) is 0 Å². The summed E-state index contributed by atoms with van der Waals surface area (Å²) in [5, 5.41) is 0. The molecule has 0 radical (unpaired) electrons. The Hall–Kier alpha value is -1.70. The van der Waals surface area contributed by atoms with Crippen molar-refractivity contribution in [2.45, 2.75) is 25.8 Å². The van der Waals surface area contributed by atoms with Crippen LogP contribution in [-0.4, -0.2) is 17.5 Å². The third-order valence-corrected chi connectivity index (χ3v) is 2.81. The molecule has 0 bridgehead atoms. The van der Waals surface area contributed by atoms with Crippen molar-refractivity contribution < 1.29 is 4.79 Å². The van der Waals surface area contributed by atoms with Crippen LogP contribution in [0.15, 0.2) is 35.8 Å². The number of carbonyl (C=O) groups excluding carboxylic acids is 1. The van der Waals surface area contributed by atoms with E-state index in [-0.39, 0.29) is 11.8 Å². The molecule has 1 aliphatic rings. The summed E-state index contributed by atoms with van der Waals surface area (Å²) >= 11 is 0. The van der Waals surface area contributed by atoms with E-state index in [0.717, 1.165) is 24.1 Å². The first-order valence-corrected chi connectivity index (χ1v) is 5.49. The maximum Gasteiger partial charge on any atom is 0.159 e. The van der Waals surface area contributed by atoms with Crippen LogP contribution in [0.2, 0.25) is 0 Å². The van der Waals surface area contributed by atoms with E-state index < -0.39 is 0 Å². The van der Waals surface area contributed by atoms with Gasteiger partial charge in [0.1, 0.15) is 6.04 Å². The smallest absolute Gasteiger partial charge is 0.159 e. The van der Waals surface area contributed by atoms with Crippen LogP contribution in [-0.2, 0) is 11.2 Å². The lowest BCUT2D eigenvalue weighted by molar-refractivity contribution is -0.116. The van der Waals surface area contributed by atoms with Gasteiger partial charge in [-0.2, -0.15) is 0 Å². The van der Waals surface area contributed by atoms with Crippen molar-refractivity contribution in [1.82, 2.24) is 0 Å². The van der Waals surface area contributed by atoms with Crippen molar-refractivity contribution >= 4 is 17.6 Å². The summed E-state index contributed by atoms with van der Waals surface area (Å²) in [6.45, 7) is 5.31. The molecule has 0 fully saturated rings. The van der Waals surface area contributed by atoms with Gasteiger partial charge in [0.05, 0.1) is 0 Å². The van der Waals surface area contributed by atoms with E-state index in [1.165, 1.54) is 5.56 Å². The van der Waals surface area contributed by atoms with Gasteiger partial charge < -0.3 is 0 Å². The van der Waals surface area contributed by atoms with Gasteiger partial charge in [0.15, 0.2) is 5.78 Å². The minimum absolute atomic E-state index is 0.0903. The zero-order valence-electron chi connectivity index (χ0n) is 9.44. The summed E-state index contributed by atoms with van der Waals surface area (Å²) in [5.41, 5.74) is 3.47. The number of aryl methyl sites for hydroxylation is 1. The molecule has 0 aromatic heterocycles. The Bertz CT molecular complexity index is 442. The van der Waals surface area contributed by atoms with Gasteiger partial charge in [0, 0.05) is 5.71 Å². The van der Waals surface area contributed by atoms with Gasteiger partial charge in [0.25, 0.3) is 0 Å². The molecule has 1 aliphatic heterocycles. The Labute approximate surface area is 95.7 Å². The first-order valence-electron chi connectivity index (χ1n) is 5.49. The van der Waals surface area contributed by atoms with Crippen molar-refractivity contribution in [3.8, 4) is 0 Å². The third-order valence-electron chi connectivity index (χ3n) is 2.81. The molecule has 1 aromatic carbocycles. The number of rotatable bonds is 5. The number of hydrogen-bond donors (Lipinski definition) is 0. The zero-order chi connectivity index (χ0) is 11.5. The van der Waals surface area contributed by atoms with Crippen molar-refractivity contribution in [1.29, 1.82) is 0 Å². The Morgan fingerprint density at radius 3 is 2.56 bits per heavy atom. The van der Waals surface area contributed by atoms with E-state index >= 15 is 0 Å². The molecule has 0 aliphatic carbocycles. The number of carbonyl (C=O) groups is 1. The highest BCUT2D eigenvalue weighted by Crippen LogP contribution is 2.18. The molecule has 1 heterocycles. The highest BCUT2D eigenvalue weighted by molar-refractivity contribution is 6.17. The molecule has 2 nitrogen and oxygen atoms in total. The molecule has 0 amide bonds. The third kappa shape index (κ3) is 2.45. The maximum absolute atomic E-state index is 11.0. The summed E-state index contributed by atoms with van der Waals surface area (Å²) < 4.78 is 0. The molecule has 2 rings (SSSR count). The molecule has 82 valence electrons. The quantitative estimate of drug-likeness (QED) is 0.739. The first-order chi connectivity index (χ1) is 7.70. The Kier molecular flexibility index (Phi) is 3.00. The van der Waals surface area contributed by atoms with Crippen molar-refractivity contribution in [3.63, 3.8) is 0 Å². The molecular formula is C14H15NO. The second-order valence-corrected chi connectivity index (χ2v) is 4.08. The Balaban J connectivity index is 1.84. The average Bonchev–Trinajstić information content (AvgIpc) is 3.06. The summed E-state index contributed by atoms with van der Waals surface area (Å²) in [5.74, 6) is 0.164. The number of hydrogen-bond acceptors (Lipinski definition) is 2. The fourth-order valence-electron chi connectivity index (χ4n) is 1.75. The number of aliphatic imine (C=N–C) groups is 1. The van der Waals surface area contributed by atoms with Gasteiger partial charge in [-0.15, -0.1) is 0 Å². The summed E-state index contributed by atoms with van der Waals surface area (Å²) in [7, 11) is 0. The maximum atomic E-state index is 11.0. The van der Waals surface area contributed by atoms with Crippen LogP contribution in [0.1, 0.15) is 24.5 Å². The Morgan fingerprint density at radius 2 is 2.06 bits per heavy atom. The predicted molar refractivity (Wildman–Crippen MR) is 66.8 cm³/mol. The molecule has 0 spiro atoms. The summed E-state index contributed by atoms with van der Waals surface area (Å²) in [6, 6.07) is 8.22. The van der Waals surface area contributed by atoms with Crippen LogP contribution in [0, 0.1) is 0 Å². The SMILES string of the molecule is C=Cc1ccc(CCC2=NC2C(C)=O)cc1. The van der Waals surface area contributed by atoms with E-state index in [1.54, 1.807) is 6.92 Å². The molecular weight excluding hydrogens is 198 g/mol. The van der Waals surface area contributed by atoms with Crippen LogP contribution >= 0.6 is 0 Å². The average molecular weight is 213 g/mol. The van der Waals surface area contributed by atoms with Crippen molar-refractivity contribution in [2.24, 2.45) is 4.99 Å². The highest BCUT2D eigenvalue weighted by atomic mass is 16.1. The molecule has 0 saturated heterocycles. The molecule has 16 heavy (non-hydrogen) atoms. The normalized spacial score (nSPS) is 17.8. The second kappa shape index (κ2) is 4.44. The lowest BCUT2D eigenvalue weighted by atomic mass is 10.0. The van der Waals surface area contributed by atoms with Gasteiger partial charge >= 0.3 is 0 Å². The van der Waals surface area contributed by atoms with E-state index in [2.05, 4.69) is 35.8 Å². The van der Waals surface area contributed by atoms with Gasteiger partial charge in [-0.3, -0.25) is 9.79 Å². The fraction of sp³-hybridized carbons (Fsp3) is 0.286. The highest BCUT2D eigenvalue weighted by Gasteiger charge is 2.30. The van der Waals surface area contributed by atoms with Crippen LogP contribution < -0.4 is 0 Å². The number of Topliss-reactive ketones (excluding diaryl/α,β-unsaturated/α-hetero) is 1. The van der Waals surface area contributed by atoms with Gasteiger partial charge in [-0.25, -0.2) is 0 Å². The molecule has 1 unspecified atom stereocenters. The minimum atomic E-state index is -0.0903. The largest absolute Gasteiger partial charge is 0.297 e. The molecule has 1 atom stereocenters. The minimum Gasteiger partial charge on any atom is -0.297 e. The van der Waals surface area contributed by atoms with Crippen LogP contribution in [0.3, 0.4) is 0 Å². The standard InChI is InChI=1S/C14H15NO/c1-3-11-4-6-12(7-5-11)8-9-13-14(15-13)10(2)16/h3-7,14H,1,8-9H2,2H3. The van der Waals surface area contributed by atoms with E-state index in [1.807, 2.05) is 6.08 Å². The van der Waals surface area contributed by atoms with Gasteiger partial charge in [-0.1, -0.05) is 36.9 Å². The lowest BCUT2D eigenvalue weighted by Gasteiger charge is -1.99. The van der Waals surface area contributed by atoms with E-state index in [0.29, 0.717) is 0 Å². The van der Waals surface area contributed by atoms with E-state index in [4.69, 9.17) is 0 Å².